The van der Waals surface area contributed by atoms with Crippen LogP contribution in [0.15, 0.2) is 6.20 Å². The molecule has 0 saturated heterocycles. The van der Waals surface area contributed by atoms with Crippen LogP contribution in [0, 0.1) is 11.8 Å². The van der Waals surface area contributed by atoms with E-state index in [0.29, 0.717) is 5.92 Å². The van der Waals surface area contributed by atoms with Crippen molar-refractivity contribution in [3.05, 3.63) is 16.9 Å². The normalized spacial score (nSPS) is 27.1. The Hall–Kier alpha value is -0.540. The van der Waals surface area contributed by atoms with Gasteiger partial charge in [-0.25, -0.2) is 0 Å². The van der Waals surface area contributed by atoms with Gasteiger partial charge in [-0.1, -0.05) is 31.4 Å². The first-order chi connectivity index (χ1) is 8.13. The molecule has 3 atom stereocenters. The molecule has 2 rings (SSSR count). The third-order valence-corrected chi connectivity index (χ3v) is 4.22. The van der Waals surface area contributed by atoms with Gasteiger partial charge < -0.3 is 5.73 Å². The van der Waals surface area contributed by atoms with Crippen LogP contribution in [0.5, 0.6) is 0 Å². The Morgan fingerprint density at radius 2 is 2.35 bits per heavy atom. The number of nitrogens with two attached hydrogens (primary N) is 1. The molecule has 1 saturated carbocycles. The first-order valence-electron chi connectivity index (χ1n) is 6.60. The smallest absolute Gasteiger partial charge is 0.0834 e. The van der Waals surface area contributed by atoms with Crippen LogP contribution >= 0.6 is 11.6 Å². The van der Waals surface area contributed by atoms with Gasteiger partial charge in [-0.15, -0.1) is 0 Å². The third-order valence-electron chi connectivity index (χ3n) is 3.93. The largest absolute Gasteiger partial charge is 0.322 e. The number of halogens is 1. The van der Waals surface area contributed by atoms with Gasteiger partial charge in [-0.3, -0.25) is 4.68 Å². The van der Waals surface area contributed by atoms with Gasteiger partial charge in [0.05, 0.1) is 23.0 Å². The van der Waals surface area contributed by atoms with Crippen LogP contribution < -0.4 is 5.73 Å². The quantitative estimate of drug-likeness (QED) is 0.900. The van der Waals surface area contributed by atoms with E-state index in [-0.39, 0.29) is 6.04 Å². The molecule has 4 heteroatoms. The zero-order chi connectivity index (χ0) is 12.4. The molecule has 0 amide bonds. The molecule has 96 valence electrons. The number of nitrogens with zero attached hydrogens (tertiary/aromatic N) is 2. The molecule has 2 N–H and O–H groups in total. The summed E-state index contributed by atoms with van der Waals surface area (Å²) in [5.74, 6) is 1.34. The van der Waals surface area contributed by atoms with Gasteiger partial charge in [0.15, 0.2) is 0 Å². The lowest BCUT2D eigenvalue weighted by Gasteiger charge is -2.31. The SMILES string of the molecule is CCn1ncc(Cl)c1C(N)C1CCCC(C)C1. The van der Waals surface area contributed by atoms with Crippen LogP contribution in [0.1, 0.15) is 51.3 Å². The summed E-state index contributed by atoms with van der Waals surface area (Å²) in [5.41, 5.74) is 7.43. The predicted octanol–water partition coefficient (Wildman–Crippen LogP) is 3.38. The Balaban J connectivity index is 2.17. The van der Waals surface area contributed by atoms with Gasteiger partial charge in [0, 0.05) is 6.54 Å². The minimum atomic E-state index is 0.0349. The van der Waals surface area contributed by atoms with E-state index in [2.05, 4.69) is 18.9 Å². The molecular weight excluding hydrogens is 234 g/mol. The Morgan fingerprint density at radius 3 is 3.00 bits per heavy atom. The van der Waals surface area contributed by atoms with E-state index in [9.17, 15) is 0 Å². The molecule has 0 aliphatic heterocycles. The maximum Gasteiger partial charge on any atom is 0.0834 e. The van der Waals surface area contributed by atoms with Crippen LogP contribution in [-0.2, 0) is 6.54 Å². The lowest BCUT2D eigenvalue weighted by molar-refractivity contribution is 0.242. The van der Waals surface area contributed by atoms with Crippen molar-refractivity contribution in [3.8, 4) is 0 Å². The highest BCUT2D eigenvalue weighted by atomic mass is 35.5. The number of hydrogen-bond acceptors (Lipinski definition) is 2. The van der Waals surface area contributed by atoms with E-state index < -0.39 is 0 Å². The van der Waals surface area contributed by atoms with E-state index in [1.165, 1.54) is 25.7 Å². The maximum absolute atomic E-state index is 6.41. The van der Waals surface area contributed by atoms with Crippen LogP contribution in [-0.4, -0.2) is 9.78 Å². The molecule has 1 fully saturated rings. The predicted molar refractivity (Wildman–Crippen MR) is 71.0 cm³/mol. The summed E-state index contributed by atoms with van der Waals surface area (Å²) in [5, 5.41) is 4.99. The third kappa shape index (κ3) is 2.66. The van der Waals surface area contributed by atoms with Gasteiger partial charge in [0.1, 0.15) is 0 Å². The molecule has 1 heterocycles. The van der Waals surface area contributed by atoms with E-state index in [1.807, 2.05) is 4.68 Å². The molecule has 3 nitrogen and oxygen atoms in total. The number of rotatable bonds is 3. The fourth-order valence-electron chi connectivity index (χ4n) is 2.99. The second-order valence-electron chi connectivity index (χ2n) is 5.25. The summed E-state index contributed by atoms with van der Waals surface area (Å²) in [6.45, 7) is 5.22. The highest BCUT2D eigenvalue weighted by molar-refractivity contribution is 6.31. The highest BCUT2D eigenvalue weighted by Crippen LogP contribution is 2.37. The molecule has 0 spiro atoms. The second-order valence-corrected chi connectivity index (χ2v) is 5.66. The van der Waals surface area contributed by atoms with Crippen molar-refractivity contribution in [2.75, 3.05) is 0 Å². The van der Waals surface area contributed by atoms with E-state index in [1.54, 1.807) is 6.20 Å². The molecule has 1 aliphatic rings. The molecule has 1 aromatic heterocycles. The van der Waals surface area contributed by atoms with Gasteiger partial charge in [0.2, 0.25) is 0 Å². The molecule has 17 heavy (non-hydrogen) atoms. The molecule has 0 bridgehead atoms. The second kappa shape index (κ2) is 5.40. The monoisotopic (exact) mass is 255 g/mol. The Bertz CT molecular complexity index is 375. The van der Waals surface area contributed by atoms with Crippen molar-refractivity contribution in [2.45, 2.75) is 52.1 Å². The zero-order valence-electron chi connectivity index (χ0n) is 10.7. The van der Waals surface area contributed by atoms with Crippen LogP contribution in [0.2, 0.25) is 5.02 Å². The standard InChI is InChI=1S/C13H22ClN3/c1-3-17-13(11(14)8-16-17)12(15)10-6-4-5-9(2)7-10/h8-10,12H,3-7,15H2,1-2H3. The van der Waals surface area contributed by atoms with Crippen LogP contribution in [0.3, 0.4) is 0 Å². The summed E-state index contributed by atoms with van der Waals surface area (Å²) < 4.78 is 1.94. The molecule has 1 aromatic rings. The average Bonchev–Trinajstić information content (AvgIpc) is 2.69. The van der Waals surface area contributed by atoms with E-state index >= 15 is 0 Å². The minimum absolute atomic E-state index is 0.0349. The van der Waals surface area contributed by atoms with Crippen molar-refractivity contribution >= 4 is 11.6 Å². The molecule has 1 aliphatic carbocycles. The number of hydrogen-bond donors (Lipinski definition) is 1. The summed E-state index contributed by atoms with van der Waals surface area (Å²) in [4.78, 5) is 0. The summed E-state index contributed by atoms with van der Waals surface area (Å²) in [6, 6.07) is 0.0349. The molecule has 3 unspecified atom stereocenters. The number of aryl methyl sites for hydroxylation is 1. The zero-order valence-corrected chi connectivity index (χ0v) is 11.5. The minimum Gasteiger partial charge on any atom is -0.322 e. The van der Waals surface area contributed by atoms with Crippen LogP contribution in [0.25, 0.3) is 0 Å². The van der Waals surface area contributed by atoms with E-state index in [0.717, 1.165) is 23.2 Å². The molecule has 0 aromatic carbocycles. The first-order valence-corrected chi connectivity index (χ1v) is 6.98. The lowest BCUT2D eigenvalue weighted by Crippen LogP contribution is -2.28. The highest BCUT2D eigenvalue weighted by Gasteiger charge is 2.28. The summed E-state index contributed by atoms with van der Waals surface area (Å²) in [7, 11) is 0. The van der Waals surface area contributed by atoms with Gasteiger partial charge >= 0.3 is 0 Å². The van der Waals surface area contributed by atoms with E-state index in [4.69, 9.17) is 17.3 Å². The van der Waals surface area contributed by atoms with Crippen molar-refractivity contribution in [3.63, 3.8) is 0 Å². The van der Waals surface area contributed by atoms with Gasteiger partial charge in [-0.2, -0.15) is 5.10 Å². The average molecular weight is 256 g/mol. The van der Waals surface area contributed by atoms with Crippen molar-refractivity contribution in [1.29, 1.82) is 0 Å². The lowest BCUT2D eigenvalue weighted by atomic mass is 9.78. The molecule has 0 radical (unpaired) electrons. The fourth-order valence-corrected chi connectivity index (χ4v) is 3.25. The first kappa shape index (κ1) is 12.9. The Kier molecular flexibility index (Phi) is 4.10. The summed E-state index contributed by atoms with van der Waals surface area (Å²) >= 11 is 6.21. The fraction of sp³-hybridized carbons (Fsp3) is 0.769. The molecular formula is C13H22ClN3. The van der Waals surface area contributed by atoms with Crippen molar-refractivity contribution < 1.29 is 0 Å². The number of aromatic nitrogens is 2. The Morgan fingerprint density at radius 1 is 1.59 bits per heavy atom. The van der Waals surface area contributed by atoms with Gasteiger partial charge in [0.25, 0.3) is 0 Å². The van der Waals surface area contributed by atoms with Crippen LogP contribution in [0.4, 0.5) is 0 Å². The van der Waals surface area contributed by atoms with Crippen molar-refractivity contribution in [2.24, 2.45) is 17.6 Å². The van der Waals surface area contributed by atoms with Crippen molar-refractivity contribution in [1.82, 2.24) is 9.78 Å². The Labute approximate surface area is 108 Å². The maximum atomic E-state index is 6.41. The topological polar surface area (TPSA) is 43.8 Å². The summed E-state index contributed by atoms with van der Waals surface area (Å²) in [6.07, 6.45) is 6.77. The van der Waals surface area contributed by atoms with Gasteiger partial charge in [-0.05, 0) is 31.6 Å².